The molecule has 1 heterocycles. The predicted molar refractivity (Wildman–Crippen MR) is 48.6 cm³/mol. The first-order valence-electron chi connectivity index (χ1n) is 3.80. The predicted octanol–water partition coefficient (Wildman–Crippen LogP) is -1.37. The highest BCUT2D eigenvalue weighted by molar-refractivity contribution is 5.80. The second-order valence-corrected chi connectivity index (χ2v) is 2.67. The molecule has 0 saturated heterocycles. The molecule has 72 valence electrons. The summed E-state index contributed by atoms with van der Waals surface area (Å²) in [6.45, 7) is 0.108. The van der Waals surface area contributed by atoms with Crippen LogP contribution in [-0.2, 0) is 7.05 Å². The number of carbonyl (C=O) groups is 1. The van der Waals surface area contributed by atoms with Crippen LogP contribution in [0.4, 0.5) is 5.82 Å². The van der Waals surface area contributed by atoms with Crippen molar-refractivity contribution in [3.8, 4) is 0 Å². The zero-order chi connectivity index (χ0) is 10.0. The molecule has 13 heavy (non-hydrogen) atoms. The standard InChI is InChI=1S/C7H12N4O2/c1-9-4-7(13)11-6(12)3-5(8)10(11)2/h3,9H,4,8H2,1-2H3. The van der Waals surface area contributed by atoms with Gasteiger partial charge in [0.25, 0.3) is 11.5 Å². The van der Waals surface area contributed by atoms with Crippen molar-refractivity contribution in [2.24, 2.45) is 7.05 Å². The minimum atomic E-state index is -0.403. The van der Waals surface area contributed by atoms with Gasteiger partial charge in [-0.2, -0.15) is 4.68 Å². The van der Waals surface area contributed by atoms with Crippen molar-refractivity contribution in [2.75, 3.05) is 19.3 Å². The summed E-state index contributed by atoms with van der Waals surface area (Å²) >= 11 is 0. The fourth-order valence-corrected chi connectivity index (χ4v) is 1.06. The van der Waals surface area contributed by atoms with Crippen LogP contribution in [0.1, 0.15) is 4.79 Å². The molecule has 0 fully saturated rings. The van der Waals surface area contributed by atoms with E-state index in [0.29, 0.717) is 0 Å². The molecule has 0 bridgehead atoms. The summed E-state index contributed by atoms with van der Waals surface area (Å²) in [6, 6.07) is 1.22. The summed E-state index contributed by atoms with van der Waals surface area (Å²) < 4.78 is 2.31. The average molecular weight is 184 g/mol. The highest BCUT2D eigenvalue weighted by Crippen LogP contribution is 1.95. The fraction of sp³-hybridized carbons (Fsp3) is 0.429. The third-order valence-corrected chi connectivity index (χ3v) is 1.72. The highest BCUT2D eigenvalue weighted by atomic mass is 16.2. The monoisotopic (exact) mass is 184 g/mol. The molecule has 0 aromatic carbocycles. The molecule has 1 aromatic rings. The van der Waals surface area contributed by atoms with E-state index in [2.05, 4.69) is 5.32 Å². The minimum absolute atomic E-state index is 0.108. The first-order valence-corrected chi connectivity index (χ1v) is 3.80. The lowest BCUT2D eigenvalue weighted by atomic mass is 10.6. The maximum atomic E-state index is 11.3. The maximum Gasteiger partial charge on any atom is 0.276 e. The van der Waals surface area contributed by atoms with Crippen LogP contribution in [0.3, 0.4) is 0 Å². The first kappa shape index (κ1) is 9.53. The lowest BCUT2D eigenvalue weighted by molar-refractivity contribution is 0.0881. The van der Waals surface area contributed by atoms with Crippen molar-refractivity contribution in [3.63, 3.8) is 0 Å². The summed E-state index contributed by atoms with van der Waals surface area (Å²) in [5.74, 6) is -0.0545. The van der Waals surface area contributed by atoms with Crippen LogP contribution < -0.4 is 16.6 Å². The van der Waals surface area contributed by atoms with Crippen molar-refractivity contribution in [1.29, 1.82) is 0 Å². The number of carbonyl (C=O) groups excluding carboxylic acids is 1. The smallest absolute Gasteiger partial charge is 0.276 e. The zero-order valence-corrected chi connectivity index (χ0v) is 7.57. The molecule has 1 rings (SSSR count). The Morgan fingerprint density at radius 3 is 2.69 bits per heavy atom. The van der Waals surface area contributed by atoms with Crippen LogP contribution in [0, 0.1) is 0 Å². The molecule has 0 saturated carbocycles. The Bertz CT molecular complexity index is 376. The molecule has 0 aliphatic rings. The summed E-state index contributed by atoms with van der Waals surface area (Å²) in [7, 11) is 3.19. The molecule has 1 aromatic heterocycles. The van der Waals surface area contributed by atoms with Gasteiger partial charge in [-0.15, -0.1) is 0 Å². The van der Waals surface area contributed by atoms with Gasteiger partial charge in [-0.25, -0.2) is 0 Å². The van der Waals surface area contributed by atoms with E-state index in [-0.39, 0.29) is 18.3 Å². The Labute approximate surface area is 74.9 Å². The number of nitrogens with zero attached hydrogens (tertiary/aromatic N) is 2. The minimum Gasteiger partial charge on any atom is -0.384 e. The van der Waals surface area contributed by atoms with Crippen molar-refractivity contribution >= 4 is 11.7 Å². The van der Waals surface area contributed by atoms with Crippen LogP contribution in [0.5, 0.6) is 0 Å². The van der Waals surface area contributed by atoms with Crippen molar-refractivity contribution in [2.45, 2.75) is 0 Å². The van der Waals surface area contributed by atoms with Gasteiger partial charge in [-0.1, -0.05) is 0 Å². The van der Waals surface area contributed by atoms with E-state index in [0.717, 1.165) is 4.68 Å². The number of aromatic nitrogens is 2. The molecule has 0 unspecified atom stereocenters. The number of likely N-dealkylation sites (N-methyl/N-ethyl adjacent to an activating group) is 1. The largest absolute Gasteiger partial charge is 0.384 e. The lowest BCUT2D eigenvalue weighted by Gasteiger charge is -2.05. The van der Waals surface area contributed by atoms with Crippen LogP contribution in [-0.4, -0.2) is 28.9 Å². The van der Waals surface area contributed by atoms with Gasteiger partial charge in [0.05, 0.1) is 6.54 Å². The fourth-order valence-electron chi connectivity index (χ4n) is 1.06. The summed E-state index contributed by atoms with van der Waals surface area (Å²) in [4.78, 5) is 22.5. The molecule has 0 aliphatic heterocycles. The normalized spacial score (nSPS) is 10.3. The van der Waals surface area contributed by atoms with Crippen LogP contribution in [0.25, 0.3) is 0 Å². The Morgan fingerprint density at radius 2 is 2.31 bits per heavy atom. The van der Waals surface area contributed by atoms with Gasteiger partial charge in [0.15, 0.2) is 0 Å². The molecule has 0 atom stereocenters. The second kappa shape index (κ2) is 3.44. The summed E-state index contributed by atoms with van der Waals surface area (Å²) in [6.07, 6.45) is 0. The van der Waals surface area contributed by atoms with Gasteiger partial charge < -0.3 is 11.1 Å². The van der Waals surface area contributed by atoms with Crippen LogP contribution in [0.15, 0.2) is 10.9 Å². The van der Waals surface area contributed by atoms with Crippen molar-refractivity contribution < 1.29 is 4.79 Å². The quantitative estimate of drug-likeness (QED) is 0.594. The molecule has 0 radical (unpaired) electrons. The molecule has 3 N–H and O–H groups in total. The number of rotatable bonds is 2. The third kappa shape index (κ3) is 1.62. The molecule has 6 heteroatoms. The molecular formula is C7H12N4O2. The van der Waals surface area contributed by atoms with Crippen molar-refractivity contribution in [3.05, 3.63) is 16.4 Å². The third-order valence-electron chi connectivity index (χ3n) is 1.72. The second-order valence-electron chi connectivity index (χ2n) is 2.67. The summed E-state index contributed by atoms with van der Waals surface area (Å²) in [5.41, 5.74) is 5.04. The topological polar surface area (TPSA) is 82.1 Å². The van der Waals surface area contributed by atoms with Gasteiger partial charge in [-0.3, -0.25) is 14.3 Å². The zero-order valence-electron chi connectivity index (χ0n) is 7.57. The van der Waals surface area contributed by atoms with E-state index >= 15 is 0 Å². The molecular weight excluding hydrogens is 172 g/mol. The lowest BCUT2D eigenvalue weighted by Crippen LogP contribution is -2.34. The molecule has 0 aliphatic carbocycles. The number of nitrogens with one attached hydrogen (secondary N) is 1. The van der Waals surface area contributed by atoms with Gasteiger partial charge >= 0.3 is 0 Å². The Kier molecular flexibility index (Phi) is 2.52. The average Bonchev–Trinajstić information content (AvgIpc) is 2.27. The van der Waals surface area contributed by atoms with Crippen molar-refractivity contribution in [1.82, 2.24) is 14.7 Å². The van der Waals surface area contributed by atoms with Gasteiger partial charge in [0.2, 0.25) is 0 Å². The Hall–Kier alpha value is -1.56. The number of nitrogens with two attached hydrogens (primary N) is 1. The Balaban J connectivity index is 3.14. The van der Waals surface area contributed by atoms with E-state index in [9.17, 15) is 9.59 Å². The number of nitrogen functional groups attached to an aromatic ring is 1. The Morgan fingerprint density at radius 1 is 1.69 bits per heavy atom. The number of anilines is 1. The number of hydrogen-bond donors (Lipinski definition) is 2. The molecule has 6 nitrogen and oxygen atoms in total. The van der Waals surface area contributed by atoms with Crippen LogP contribution in [0.2, 0.25) is 0 Å². The van der Waals surface area contributed by atoms with Gasteiger partial charge in [0, 0.05) is 13.1 Å². The number of hydrogen-bond acceptors (Lipinski definition) is 4. The van der Waals surface area contributed by atoms with E-state index in [1.807, 2.05) is 0 Å². The molecule has 0 spiro atoms. The SMILES string of the molecule is CNCC(=O)n1c(=O)cc(N)n1C. The maximum absolute atomic E-state index is 11.3. The molecule has 0 amide bonds. The van der Waals surface area contributed by atoms with E-state index in [4.69, 9.17) is 5.73 Å². The van der Waals surface area contributed by atoms with Gasteiger partial charge in [-0.05, 0) is 7.05 Å². The highest BCUT2D eigenvalue weighted by Gasteiger charge is 2.11. The van der Waals surface area contributed by atoms with E-state index in [1.54, 1.807) is 14.1 Å². The van der Waals surface area contributed by atoms with Gasteiger partial charge in [0.1, 0.15) is 5.82 Å². The van der Waals surface area contributed by atoms with E-state index in [1.165, 1.54) is 10.7 Å². The summed E-state index contributed by atoms with van der Waals surface area (Å²) in [5, 5.41) is 2.67. The first-order chi connectivity index (χ1) is 6.07. The van der Waals surface area contributed by atoms with E-state index < -0.39 is 5.56 Å². The van der Waals surface area contributed by atoms with Crippen LogP contribution >= 0.6 is 0 Å².